The number of nitrogen functional groups attached to an aromatic ring is 1. The van der Waals surface area contributed by atoms with Crippen molar-refractivity contribution in [1.29, 1.82) is 0 Å². The molecule has 3 aromatic rings. The summed E-state index contributed by atoms with van der Waals surface area (Å²) in [6, 6.07) is 8.93. The van der Waals surface area contributed by atoms with Crippen LogP contribution in [0.4, 0.5) is 11.6 Å². The van der Waals surface area contributed by atoms with E-state index in [-0.39, 0.29) is 28.7 Å². The van der Waals surface area contributed by atoms with Crippen molar-refractivity contribution in [2.75, 3.05) is 11.1 Å². The minimum atomic E-state index is -0.636. The van der Waals surface area contributed by atoms with Crippen molar-refractivity contribution < 1.29 is 14.1 Å². The van der Waals surface area contributed by atoms with Crippen LogP contribution in [0.2, 0.25) is 0 Å². The van der Waals surface area contributed by atoms with Crippen molar-refractivity contribution in [1.82, 2.24) is 14.9 Å². The van der Waals surface area contributed by atoms with Crippen molar-refractivity contribution in [2.24, 2.45) is 5.73 Å². The number of benzene rings is 1. The molecule has 1 aromatic carbocycles. The second kappa shape index (κ2) is 8.49. The van der Waals surface area contributed by atoms with Gasteiger partial charge in [0.1, 0.15) is 22.8 Å². The number of aromatic nitrogens is 3. The molecule has 0 aliphatic rings. The number of carbonyl (C=O) groups excluding carboxylic acids is 2. The van der Waals surface area contributed by atoms with E-state index in [2.05, 4.69) is 15.6 Å². The number of hydrogen-bond donors (Lipinski definition) is 3. The van der Waals surface area contributed by atoms with Crippen LogP contribution in [0, 0.1) is 0 Å². The fourth-order valence-electron chi connectivity index (χ4n) is 3.29. The lowest BCUT2D eigenvalue weighted by Gasteiger charge is -2.12. The quantitative estimate of drug-likeness (QED) is 0.534. The number of primary amides is 1. The molecule has 0 spiro atoms. The zero-order chi connectivity index (χ0) is 23.8. The molecule has 1 unspecified atom stereocenters. The van der Waals surface area contributed by atoms with Gasteiger partial charge in [0.05, 0.1) is 5.92 Å². The molecule has 5 N–H and O–H groups in total. The van der Waals surface area contributed by atoms with Gasteiger partial charge >= 0.3 is 0 Å². The first kappa shape index (κ1) is 23.1. The van der Waals surface area contributed by atoms with Crippen LogP contribution in [0.3, 0.4) is 0 Å². The van der Waals surface area contributed by atoms with Gasteiger partial charge in [-0.25, -0.2) is 4.68 Å². The number of nitrogens with one attached hydrogen (secondary N) is 1. The van der Waals surface area contributed by atoms with Gasteiger partial charge in [-0.2, -0.15) is 5.10 Å². The summed E-state index contributed by atoms with van der Waals surface area (Å²) in [6.45, 7) is 11.6. The number of nitrogens with two attached hydrogens (primary N) is 2. The zero-order valence-corrected chi connectivity index (χ0v) is 19.3. The molecule has 9 nitrogen and oxygen atoms in total. The van der Waals surface area contributed by atoms with Gasteiger partial charge in [0.15, 0.2) is 5.82 Å². The van der Waals surface area contributed by atoms with E-state index in [0.29, 0.717) is 22.8 Å². The molecule has 9 heteroatoms. The summed E-state index contributed by atoms with van der Waals surface area (Å²) < 4.78 is 6.89. The first-order valence-corrected chi connectivity index (χ1v) is 10.5. The molecule has 1 atom stereocenters. The summed E-state index contributed by atoms with van der Waals surface area (Å²) in [5, 5.41) is 11.2. The highest BCUT2D eigenvalue weighted by Gasteiger charge is 2.24. The Balaban J connectivity index is 1.81. The molecule has 0 aliphatic carbocycles. The highest BCUT2D eigenvalue weighted by Crippen LogP contribution is 2.30. The first-order valence-electron chi connectivity index (χ1n) is 10.5. The Labute approximate surface area is 187 Å². The predicted molar refractivity (Wildman–Crippen MR) is 123 cm³/mol. The smallest absolute Gasteiger partial charge is 0.254 e. The number of nitrogens with zero attached hydrogens (tertiary/aromatic N) is 3. The third-order valence-electron chi connectivity index (χ3n) is 5.26. The van der Waals surface area contributed by atoms with Gasteiger partial charge in [-0.1, -0.05) is 50.2 Å². The van der Waals surface area contributed by atoms with E-state index in [1.54, 1.807) is 29.8 Å². The fourth-order valence-corrected chi connectivity index (χ4v) is 3.29. The number of carbonyl (C=O) groups is 2. The lowest BCUT2D eigenvalue weighted by molar-refractivity contribution is -0.117. The standard InChI is InChI=1S/C23H30N6O3/c1-12(2)29-20(24)18(21(25)30)19(27-29)15-9-7-14(8-10-15)13(3)22(31)26-17-11-16(32-28-17)23(4,5)6/h7-13H,24H2,1-6H3,(H2,25,30)(H,26,28,31). The van der Waals surface area contributed by atoms with Crippen LogP contribution >= 0.6 is 0 Å². The van der Waals surface area contributed by atoms with Crippen LogP contribution in [0.15, 0.2) is 34.9 Å². The maximum atomic E-state index is 12.7. The van der Waals surface area contributed by atoms with Crippen molar-refractivity contribution >= 4 is 23.5 Å². The third kappa shape index (κ3) is 4.51. The summed E-state index contributed by atoms with van der Waals surface area (Å²) in [7, 11) is 0. The van der Waals surface area contributed by atoms with E-state index in [4.69, 9.17) is 16.0 Å². The summed E-state index contributed by atoms with van der Waals surface area (Å²) in [5.74, 6) is 0.0230. The second-order valence-corrected chi connectivity index (χ2v) is 9.17. The Bertz CT molecular complexity index is 1140. The molecule has 2 aromatic heterocycles. The van der Waals surface area contributed by atoms with Gasteiger partial charge < -0.3 is 21.3 Å². The van der Waals surface area contributed by atoms with Crippen LogP contribution in [-0.2, 0) is 10.2 Å². The molecular formula is C23H30N6O3. The molecule has 0 radical (unpaired) electrons. The Morgan fingerprint density at radius 2 is 1.75 bits per heavy atom. The fraction of sp³-hybridized carbons (Fsp3) is 0.391. The Kier molecular flexibility index (Phi) is 6.11. The molecule has 32 heavy (non-hydrogen) atoms. The van der Waals surface area contributed by atoms with Crippen molar-refractivity contribution in [2.45, 2.75) is 58.9 Å². The molecule has 0 saturated carbocycles. The van der Waals surface area contributed by atoms with Gasteiger partial charge in [0.2, 0.25) is 5.91 Å². The first-order chi connectivity index (χ1) is 14.9. The van der Waals surface area contributed by atoms with E-state index < -0.39 is 11.8 Å². The lowest BCUT2D eigenvalue weighted by Crippen LogP contribution is -2.19. The van der Waals surface area contributed by atoms with Crippen LogP contribution < -0.4 is 16.8 Å². The van der Waals surface area contributed by atoms with Crippen LogP contribution in [-0.4, -0.2) is 26.8 Å². The van der Waals surface area contributed by atoms with Crippen molar-refractivity contribution in [3.63, 3.8) is 0 Å². The minimum Gasteiger partial charge on any atom is -0.383 e. The third-order valence-corrected chi connectivity index (χ3v) is 5.26. The van der Waals surface area contributed by atoms with E-state index in [0.717, 1.165) is 5.56 Å². The second-order valence-electron chi connectivity index (χ2n) is 9.17. The maximum absolute atomic E-state index is 12.7. The Morgan fingerprint density at radius 1 is 1.12 bits per heavy atom. The highest BCUT2D eigenvalue weighted by molar-refractivity contribution is 6.03. The largest absolute Gasteiger partial charge is 0.383 e. The molecule has 0 fully saturated rings. The molecule has 0 aliphatic heterocycles. The number of hydrogen-bond acceptors (Lipinski definition) is 6. The minimum absolute atomic E-state index is 0.0276. The van der Waals surface area contributed by atoms with Crippen LogP contribution in [0.25, 0.3) is 11.3 Å². The van der Waals surface area contributed by atoms with Gasteiger partial charge in [-0.15, -0.1) is 0 Å². The van der Waals surface area contributed by atoms with E-state index in [9.17, 15) is 9.59 Å². The topological polar surface area (TPSA) is 142 Å². The van der Waals surface area contributed by atoms with Gasteiger partial charge in [0.25, 0.3) is 5.91 Å². The van der Waals surface area contributed by atoms with Crippen LogP contribution in [0.5, 0.6) is 0 Å². The Morgan fingerprint density at radius 3 is 2.25 bits per heavy atom. The van der Waals surface area contributed by atoms with Gasteiger partial charge in [-0.05, 0) is 26.3 Å². The molecule has 0 bridgehead atoms. The monoisotopic (exact) mass is 438 g/mol. The van der Waals surface area contributed by atoms with Gasteiger partial charge in [-0.3, -0.25) is 9.59 Å². The molecule has 2 amide bonds. The highest BCUT2D eigenvalue weighted by atomic mass is 16.5. The summed E-state index contributed by atoms with van der Waals surface area (Å²) in [6.07, 6.45) is 0. The average Bonchev–Trinajstić information content (AvgIpc) is 3.32. The van der Waals surface area contributed by atoms with Crippen LogP contribution in [0.1, 0.15) is 75.2 Å². The number of anilines is 2. The average molecular weight is 439 g/mol. The predicted octanol–water partition coefficient (Wildman–Crippen LogP) is 3.84. The normalized spacial score (nSPS) is 12.7. The molecule has 170 valence electrons. The number of rotatable bonds is 6. The molecule has 0 saturated heterocycles. The zero-order valence-electron chi connectivity index (χ0n) is 19.3. The van der Waals surface area contributed by atoms with E-state index in [1.165, 1.54) is 0 Å². The Hall–Kier alpha value is -3.62. The SMILES string of the molecule is CC(C(=O)Nc1cc(C(C)(C)C)on1)c1ccc(-c2nn(C(C)C)c(N)c2C(N)=O)cc1. The molecule has 2 heterocycles. The van der Waals surface area contributed by atoms with Crippen molar-refractivity contribution in [3.8, 4) is 11.3 Å². The maximum Gasteiger partial charge on any atom is 0.254 e. The van der Waals surface area contributed by atoms with Crippen molar-refractivity contribution in [3.05, 3.63) is 47.2 Å². The lowest BCUT2D eigenvalue weighted by atomic mass is 9.93. The summed E-state index contributed by atoms with van der Waals surface area (Å²) in [5.41, 5.74) is 13.5. The summed E-state index contributed by atoms with van der Waals surface area (Å²) in [4.78, 5) is 24.7. The summed E-state index contributed by atoms with van der Waals surface area (Å²) >= 11 is 0. The molecule has 3 rings (SSSR count). The molecular weight excluding hydrogens is 408 g/mol. The number of amides is 2. The van der Waals surface area contributed by atoms with Gasteiger partial charge in [0, 0.05) is 23.1 Å². The van der Waals surface area contributed by atoms with E-state index >= 15 is 0 Å². The van der Waals surface area contributed by atoms with E-state index in [1.807, 2.05) is 46.8 Å².